The van der Waals surface area contributed by atoms with Crippen LogP contribution in [0.25, 0.3) is 0 Å². The Kier molecular flexibility index (Phi) is 5.44. The lowest BCUT2D eigenvalue weighted by molar-refractivity contribution is -0.206. The summed E-state index contributed by atoms with van der Waals surface area (Å²) in [6.07, 6.45) is 5.79. The van der Waals surface area contributed by atoms with E-state index in [1.54, 1.807) is 0 Å². The molecule has 0 radical (unpaired) electrons. The van der Waals surface area contributed by atoms with Crippen molar-refractivity contribution in [1.82, 2.24) is 0 Å². The largest absolute Gasteiger partial charge is 0.394 e. The van der Waals surface area contributed by atoms with Crippen LogP contribution < -0.4 is 0 Å². The lowest BCUT2D eigenvalue weighted by atomic mass is 9.94. The molecule has 0 unspecified atom stereocenters. The molecule has 0 bridgehead atoms. The molecule has 3 nitrogen and oxygen atoms in total. The van der Waals surface area contributed by atoms with Gasteiger partial charge in [0.25, 0.3) is 0 Å². The van der Waals surface area contributed by atoms with Crippen molar-refractivity contribution in [3.8, 4) is 0 Å². The first-order valence-electron chi connectivity index (χ1n) is 6.39. The summed E-state index contributed by atoms with van der Waals surface area (Å²) in [7, 11) is -0.940. The Hall–Kier alpha value is 0.0969. The van der Waals surface area contributed by atoms with Gasteiger partial charge in [-0.3, -0.25) is 0 Å². The Balaban J connectivity index is 2.38. The summed E-state index contributed by atoms with van der Waals surface area (Å²) in [5, 5.41) is 0. The summed E-state index contributed by atoms with van der Waals surface area (Å²) < 4.78 is 17.5. The summed E-state index contributed by atoms with van der Waals surface area (Å²) >= 11 is 0. The second kappa shape index (κ2) is 6.14. The van der Waals surface area contributed by atoms with E-state index in [-0.39, 0.29) is 11.4 Å². The first-order chi connectivity index (χ1) is 7.47. The van der Waals surface area contributed by atoms with E-state index in [0.29, 0.717) is 0 Å². The Labute approximate surface area is 102 Å². The van der Waals surface area contributed by atoms with E-state index in [1.807, 2.05) is 6.92 Å². The van der Waals surface area contributed by atoms with Gasteiger partial charge in [0.05, 0.1) is 0 Å². The number of hydrogen-bond donors (Lipinski definition) is 0. The third-order valence-electron chi connectivity index (χ3n) is 2.84. The summed E-state index contributed by atoms with van der Waals surface area (Å²) in [4.78, 5) is 0. The highest BCUT2D eigenvalue weighted by Gasteiger charge is 2.33. The van der Waals surface area contributed by atoms with Gasteiger partial charge in [0.1, 0.15) is 0 Å². The van der Waals surface area contributed by atoms with Crippen LogP contribution in [-0.4, -0.2) is 28.0 Å². The predicted molar refractivity (Wildman–Crippen MR) is 67.9 cm³/mol. The van der Waals surface area contributed by atoms with Crippen LogP contribution in [-0.2, 0) is 13.6 Å². The summed E-state index contributed by atoms with van der Waals surface area (Å²) in [6, 6.07) is 0. The van der Waals surface area contributed by atoms with Crippen LogP contribution in [0.4, 0.5) is 0 Å². The van der Waals surface area contributed by atoms with Crippen molar-refractivity contribution in [2.45, 2.75) is 71.2 Å². The second-order valence-corrected chi connectivity index (χ2v) is 6.24. The molecule has 0 heterocycles. The quantitative estimate of drug-likeness (QED) is 0.551. The molecule has 1 saturated carbocycles. The van der Waals surface area contributed by atoms with Crippen molar-refractivity contribution in [2.24, 2.45) is 0 Å². The average molecular weight is 246 g/mol. The predicted octanol–water partition coefficient (Wildman–Crippen LogP) is 2.51. The van der Waals surface area contributed by atoms with Gasteiger partial charge in [-0.15, -0.1) is 0 Å². The van der Waals surface area contributed by atoms with Gasteiger partial charge in [0.15, 0.2) is 5.79 Å². The first kappa shape index (κ1) is 14.2. The van der Waals surface area contributed by atoms with Crippen molar-refractivity contribution in [2.75, 3.05) is 6.61 Å². The molecule has 0 aromatic carbocycles. The van der Waals surface area contributed by atoms with E-state index in [2.05, 4.69) is 20.8 Å². The van der Waals surface area contributed by atoms with E-state index < -0.39 is 10.0 Å². The standard InChI is InChI=1S/C12H26O3Si/c1-5-13-12(9-7-6-8-10-12)15-16-14-11(2,3)4/h5-10,16H2,1-4H3. The average Bonchev–Trinajstić information content (AvgIpc) is 2.17. The highest BCUT2D eigenvalue weighted by atomic mass is 28.3. The van der Waals surface area contributed by atoms with Gasteiger partial charge in [-0.1, -0.05) is 6.42 Å². The lowest BCUT2D eigenvalue weighted by Gasteiger charge is -2.37. The third-order valence-corrected chi connectivity index (χ3v) is 4.46. The molecule has 1 rings (SSSR count). The minimum Gasteiger partial charge on any atom is -0.394 e. The molecule has 0 spiro atoms. The van der Waals surface area contributed by atoms with Crippen molar-refractivity contribution in [3.63, 3.8) is 0 Å². The zero-order chi connectivity index (χ0) is 12.1. The molecule has 0 saturated heterocycles. The lowest BCUT2D eigenvalue weighted by Crippen LogP contribution is -2.41. The van der Waals surface area contributed by atoms with Gasteiger partial charge in [0, 0.05) is 25.0 Å². The van der Waals surface area contributed by atoms with Crippen LogP contribution >= 0.6 is 0 Å². The van der Waals surface area contributed by atoms with Crippen LogP contribution in [0, 0.1) is 0 Å². The summed E-state index contributed by atoms with van der Waals surface area (Å²) in [6.45, 7) is 8.96. The van der Waals surface area contributed by atoms with E-state index in [9.17, 15) is 0 Å². The molecule has 96 valence electrons. The molecule has 0 aromatic heterocycles. The molecule has 0 amide bonds. The van der Waals surface area contributed by atoms with Crippen LogP contribution in [0.2, 0.25) is 0 Å². The van der Waals surface area contributed by atoms with Crippen molar-refractivity contribution in [1.29, 1.82) is 0 Å². The smallest absolute Gasteiger partial charge is 0.307 e. The number of rotatable bonds is 5. The molecule has 0 N–H and O–H groups in total. The molecule has 1 aliphatic carbocycles. The number of ether oxygens (including phenoxy) is 1. The molecule has 16 heavy (non-hydrogen) atoms. The van der Waals surface area contributed by atoms with E-state index >= 15 is 0 Å². The maximum absolute atomic E-state index is 5.98. The minimum absolute atomic E-state index is 0.0890. The van der Waals surface area contributed by atoms with Crippen molar-refractivity contribution >= 4 is 10.0 Å². The Morgan fingerprint density at radius 1 is 1.12 bits per heavy atom. The Morgan fingerprint density at radius 3 is 2.25 bits per heavy atom. The summed E-state index contributed by atoms with van der Waals surface area (Å²) in [5.74, 6) is -0.315. The fourth-order valence-electron chi connectivity index (χ4n) is 2.00. The molecule has 0 aromatic rings. The minimum atomic E-state index is -0.940. The van der Waals surface area contributed by atoms with Crippen LogP contribution in [0.1, 0.15) is 59.8 Å². The van der Waals surface area contributed by atoms with Crippen molar-refractivity contribution in [3.05, 3.63) is 0 Å². The molecule has 4 heteroatoms. The van der Waals surface area contributed by atoms with Gasteiger partial charge in [-0.05, 0) is 40.5 Å². The molecule has 0 atom stereocenters. The fraction of sp³-hybridized carbons (Fsp3) is 1.00. The normalized spacial score (nSPS) is 21.8. The third kappa shape index (κ3) is 4.95. The topological polar surface area (TPSA) is 27.7 Å². The van der Waals surface area contributed by atoms with Gasteiger partial charge >= 0.3 is 10.0 Å². The highest BCUT2D eigenvalue weighted by Crippen LogP contribution is 2.32. The maximum Gasteiger partial charge on any atom is 0.307 e. The monoisotopic (exact) mass is 246 g/mol. The number of hydrogen-bond acceptors (Lipinski definition) is 3. The molecule has 1 fully saturated rings. The Bertz CT molecular complexity index is 189. The highest BCUT2D eigenvalue weighted by molar-refractivity contribution is 6.18. The van der Waals surface area contributed by atoms with Crippen molar-refractivity contribution < 1.29 is 13.6 Å². The summed E-state index contributed by atoms with van der Waals surface area (Å²) in [5.41, 5.74) is -0.0890. The zero-order valence-electron chi connectivity index (χ0n) is 11.2. The Morgan fingerprint density at radius 2 is 1.75 bits per heavy atom. The second-order valence-electron chi connectivity index (χ2n) is 5.42. The molecule has 1 aliphatic rings. The molecular weight excluding hydrogens is 220 g/mol. The maximum atomic E-state index is 5.98. The zero-order valence-corrected chi connectivity index (χ0v) is 12.6. The van der Waals surface area contributed by atoms with Crippen LogP contribution in [0.15, 0.2) is 0 Å². The van der Waals surface area contributed by atoms with Crippen LogP contribution in [0.5, 0.6) is 0 Å². The molecule has 0 aliphatic heterocycles. The first-order valence-corrected chi connectivity index (χ1v) is 7.55. The fourth-order valence-corrected chi connectivity index (χ4v) is 3.00. The van der Waals surface area contributed by atoms with E-state index in [0.717, 1.165) is 19.4 Å². The molecular formula is C12H26O3Si. The van der Waals surface area contributed by atoms with E-state index in [1.165, 1.54) is 19.3 Å². The SMILES string of the molecule is CCOC1(O[SiH2]OC(C)(C)C)CCCCC1. The van der Waals surface area contributed by atoms with Gasteiger partial charge < -0.3 is 13.6 Å². The van der Waals surface area contributed by atoms with Gasteiger partial charge in [-0.25, -0.2) is 0 Å². The van der Waals surface area contributed by atoms with Gasteiger partial charge in [0.2, 0.25) is 0 Å². The van der Waals surface area contributed by atoms with E-state index in [4.69, 9.17) is 13.6 Å². The van der Waals surface area contributed by atoms with Crippen LogP contribution in [0.3, 0.4) is 0 Å². The van der Waals surface area contributed by atoms with Gasteiger partial charge in [-0.2, -0.15) is 0 Å².